The van der Waals surface area contributed by atoms with Crippen LogP contribution in [0.2, 0.25) is 5.02 Å². The number of rotatable bonds is 2. The molecular formula is C18H17ClN4O. The van der Waals surface area contributed by atoms with E-state index in [1.165, 1.54) is 0 Å². The number of aryl methyl sites for hydroxylation is 1. The van der Waals surface area contributed by atoms with E-state index in [2.05, 4.69) is 19.9 Å². The minimum atomic E-state index is -0.00184. The SMILES string of the molecule is Cc1nc(N2CCOC(c3ccc(Cl)cc3)C2)c2cccnc2n1. The molecule has 3 aromatic rings. The van der Waals surface area contributed by atoms with E-state index in [1.807, 2.05) is 43.3 Å². The van der Waals surface area contributed by atoms with Gasteiger partial charge in [-0.25, -0.2) is 15.0 Å². The molecule has 6 heteroatoms. The minimum absolute atomic E-state index is 0.00184. The Balaban J connectivity index is 1.68. The molecule has 2 aromatic heterocycles. The van der Waals surface area contributed by atoms with Crippen molar-refractivity contribution in [2.45, 2.75) is 13.0 Å². The second-order valence-electron chi connectivity index (χ2n) is 5.83. The summed E-state index contributed by atoms with van der Waals surface area (Å²) in [7, 11) is 0. The van der Waals surface area contributed by atoms with Gasteiger partial charge in [0.1, 0.15) is 17.7 Å². The normalized spacial score (nSPS) is 18.1. The number of morpholine rings is 1. The zero-order chi connectivity index (χ0) is 16.5. The smallest absolute Gasteiger partial charge is 0.164 e. The van der Waals surface area contributed by atoms with Crippen LogP contribution in [0.15, 0.2) is 42.6 Å². The third kappa shape index (κ3) is 2.92. The van der Waals surface area contributed by atoms with Gasteiger partial charge >= 0.3 is 0 Å². The lowest BCUT2D eigenvalue weighted by atomic mass is 10.1. The summed E-state index contributed by atoms with van der Waals surface area (Å²) in [5, 5.41) is 1.70. The van der Waals surface area contributed by atoms with Crippen molar-refractivity contribution < 1.29 is 4.74 Å². The topological polar surface area (TPSA) is 51.1 Å². The first-order valence-electron chi connectivity index (χ1n) is 7.92. The Kier molecular flexibility index (Phi) is 4.04. The molecule has 1 aliphatic heterocycles. The van der Waals surface area contributed by atoms with E-state index < -0.39 is 0 Å². The highest BCUT2D eigenvalue weighted by Crippen LogP contribution is 2.29. The van der Waals surface area contributed by atoms with E-state index in [0.717, 1.165) is 46.4 Å². The van der Waals surface area contributed by atoms with Crippen molar-refractivity contribution in [1.29, 1.82) is 0 Å². The van der Waals surface area contributed by atoms with Crippen LogP contribution in [0.1, 0.15) is 17.5 Å². The fourth-order valence-electron chi connectivity index (χ4n) is 3.01. The molecule has 1 aliphatic rings. The van der Waals surface area contributed by atoms with Crippen molar-refractivity contribution >= 4 is 28.5 Å². The summed E-state index contributed by atoms with van der Waals surface area (Å²) in [6, 6.07) is 11.8. The van der Waals surface area contributed by atoms with Gasteiger partial charge in [0.25, 0.3) is 0 Å². The first-order chi connectivity index (χ1) is 11.7. The molecule has 0 bridgehead atoms. The Hall–Kier alpha value is -2.24. The number of hydrogen-bond donors (Lipinski definition) is 0. The molecule has 0 amide bonds. The summed E-state index contributed by atoms with van der Waals surface area (Å²) in [5.74, 6) is 1.65. The standard InChI is InChI=1S/C18H17ClN4O/c1-12-21-17-15(3-2-8-20-17)18(22-12)23-9-10-24-16(11-23)13-4-6-14(19)7-5-13/h2-8,16H,9-11H2,1H3. The Morgan fingerprint density at radius 3 is 2.83 bits per heavy atom. The zero-order valence-electron chi connectivity index (χ0n) is 13.3. The molecule has 1 unspecified atom stereocenters. The fourth-order valence-corrected chi connectivity index (χ4v) is 3.14. The Morgan fingerprint density at radius 1 is 1.17 bits per heavy atom. The summed E-state index contributed by atoms with van der Waals surface area (Å²) < 4.78 is 5.95. The summed E-state index contributed by atoms with van der Waals surface area (Å²) in [4.78, 5) is 15.7. The van der Waals surface area contributed by atoms with Crippen molar-refractivity contribution in [3.05, 3.63) is 59.0 Å². The predicted octanol–water partition coefficient (Wildman–Crippen LogP) is 3.56. The van der Waals surface area contributed by atoms with Gasteiger partial charge in [-0.15, -0.1) is 0 Å². The van der Waals surface area contributed by atoms with E-state index >= 15 is 0 Å². The van der Waals surface area contributed by atoms with Crippen molar-refractivity contribution in [1.82, 2.24) is 15.0 Å². The van der Waals surface area contributed by atoms with Crippen LogP contribution in [0.4, 0.5) is 5.82 Å². The van der Waals surface area contributed by atoms with Gasteiger partial charge in [0.2, 0.25) is 0 Å². The van der Waals surface area contributed by atoms with Gasteiger partial charge in [-0.1, -0.05) is 23.7 Å². The van der Waals surface area contributed by atoms with Crippen molar-refractivity contribution in [2.75, 3.05) is 24.6 Å². The maximum Gasteiger partial charge on any atom is 0.164 e. The molecule has 5 nitrogen and oxygen atoms in total. The lowest BCUT2D eigenvalue weighted by molar-refractivity contribution is 0.0396. The number of fused-ring (bicyclic) bond motifs is 1. The number of nitrogens with zero attached hydrogens (tertiary/aromatic N) is 4. The third-order valence-electron chi connectivity index (χ3n) is 4.17. The summed E-state index contributed by atoms with van der Waals surface area (Å²) in [5.41, 5.74) is 1.85. The van der Waals surface area contributed by atoms with Crippen LogP contribution >= 0.6 is 11.6 Å². The first-order valence-corrected chi connectivity index (χ1v) is 8.30. The van der Waals surface area contributed by atoms with Gasteiger partial charge < -0.3 is 9.64 Å². The monoisotopic (exact) mass is 340 g/mol. The van der Waals surface area contributed by atoms with Crippen LogP contribution in [0.3, 0.4) is 0 Å². The Bertz CT molecular complexity index is 869. The molecule has 4 rings (SSSR count). The molecule has 3 heterocycles. The highest BCUT2D eigenvalue weighted by molar-refractivity contribution is 6.30. The van der Waals surface area contributed by atoms with E-state index in [0.29, 0.717) is 6.61 Å². The quantitative estimate of drug-likeness (QED) is 0.714. The van der Waals surface area contributed by atoms with Crippen molar-refractivity contribution in [3.8, 4) is 0 Å². The maximum atomic E-state index is 5.98. The van der Waals surface area contributed by atoms with Crippen LogP contribution in [0.25, 0.3) is 11.0 Å². The lowest BCUT2D eigenvalue weighted by Gasteiger charge is -2.34. The summed E-state index contributed by atoms with van der Waals surface area (Å²) in [6.07, 6.45) is 1.76. The van der Waals surface area contributed by atoms with Gasteiger partial charge in [0.15, 0.2) is 5.65 Å². The van der Waals surface area contributed by atoms with Crippen LogP contribution < -0.4 is 4.90 Å². The molecule has 0 saturated carbocycles. The second-order valence-corrected chi connectivity index (χ2v) is 6.26. The Morgan fingerprint density at radius 2 is 2.00 bits per heavy atom. The largest absolute Gasteiger partial charge is 0.370 e. The first kappa shape index (κ1) is 15.3. The second kappa shape index (κ2) is 6.34. The lowest BCUT2D eigenvalue weighted by Crippen LogP contribution is -2.39. The third-order valence-corrected chi connectivity index (χ3v) is 4.42. The Labute approximate surface area is 145 Å². The average molecular weight is 341 g/mol. The molecule has 0 spiro atoms. The van der Waals surface area contributed by atoms with E-state index in [1.54, 1.807) is 6.20 Å². The molecular weight excluding hydrogens is 324 g/mol. The van der Waals surface area contributed by atoms with Crippen molar-refractivity contribution in [2.24, 2.45) is 0 Å². The number of benzene rings is 1. The number of ether oxygens (including phenoxy) is 1. The minimum Gasteiger partial charge on any atom is -0.370 e. The van der Waals surface area contributed by atoms with Crippen LogP contribution in [-0.2, 0) is 4.74 Å². The van der Waals surface area contributed by atoms with E-state index in [4.69, 9.17) is 16.3 Å². The molecule has 1 fully saturated rings. The predicted molar refractivity (Wildman–Crippen MR) is 94.4 cm³/mol. The highest BCUT2D eigenvalue weighted by Gasteiger charge is 2.24. The number of aromatic nitrogens is 3. The number of halogens is 1. The summed E-state index contributed by atoms with van der Waals surface area (Å²) >= 11 is 5.98. The van der Waals surface area contributed by atoms with Gasteiger partial charge in [0, 0.05) is 24.3 Å². The molecule has 1 atom stereocenters. The fraction of sp³-hybridized carbons (Fsp3) is 0.278. The van der Waals surface area contributed by atoms with Crippen molar-refractivity contribution in [3.63, 3.8) is 0 Å². The van der Waals surface area contributed by atoms with Gasteiger partial charge in [-0.3, -0.25) is 0 Å². The maximum absolute atomic E-state index is 5.98. The molecule has 1 saturated heterocycles. The molecule has 0 radical (unpaired) electrons. The number of hydrogen-bond acceptors (Lipinski definition) is 5. The van der Waals surface area contributed by atoms with Gasteiger partial charge in [0.05, 0.1) is 12.0 Å². The molecule has 122 valence electrons. The van der Waals surface area contributed by atoms with Gasteiger partial charge in [-0.05, 0) is 36.8 Å². The molecule has 0 aliphatic carbocycles. The van der Waals surface area contributed by atoms with Crippen LogP contribution in [0.5, 0.6) is 0 Å². The molecule has 0 N–H and O–H groups in total. The highest BCUT2D eigenvalue weighted by atomic mass is 35.5. The number of anilines is 1. The zero-order valence-corrected chi connectivity index (χ0v) is 14.1. The molecule has 24 heavy (non-hydrogen) atoms. The van der Waals surface area contributed by atoms with Crippen LogP contribution in [-0.4, -0.2) is 34.6 Å². The summed E-state index contributed by atoms with van der Waals surface area (Å²) in [6.45, 7) is 4.08. The average Bonchev–Trinajstić information content (AvgIpc) is 2.62. The van der Waals surface area contributed by atoms with Gasteiger partial charge in [-0.2, -0.15) is 0 Å². The van der Waals surface area contributed by atoms with Crippen LogP contribution in [0, 0.1) is 6.92 Å². The molecule has 1 aromatic carbocycles. The van der Waals surface area contributed by atoms with E-state index in [-0.39, 0.29) is 6.10 Å². The van der Waals surface area contributed by atoms with E-state index in [9.17, 15) is 0 Å². The number of pyridine rings is 1.